The normalized spacial score (nSPS) is 10.9. The molecule has 0 aromatic carbocycles. The summed E-state index contributed by atoms with van der Waals surface area (Å²) in [5.41, 5.74) is 0.940. The molecule has 0 aliphatic carbocycles. The predicted octanol–water partition coefficient (Wildman–Crippen LogP) is 1.38. The molecule has 0 atom stereocenters. The lowest BCUT2D eigenvalue weighted by Crippen LogP contribution is -1.72. The van der Waals surface area contributed by atoms with Crippen molar-refractivity contribution >= 4 is 6.08 Å². The van der Waals surface area contributed by atoms with Crippen LogP contribution in [0.1, 0.15) is 18.4 Å². The molecule has 0 radical (unpaired) electrons. The van der Waals surface area contributed by atoms with Crippen LogP contribution in [-0.4, -0.2) is 4.98 Å². The molecule has 0 saturated heterocycles. The van der Waals surface area contributed by atoms with E-state index in [0.717, 1.165) is 11.5 Å². The summed E-state index contributed by atoms with van der Waals surface area (Å²) in [6.45, 7) is 3.84. The van der Waals surface area contributed by atoms with Crippen LogP contribution < -0.4 is 4.98 Å². The van der Waals surface area contributed by atoms with Crippen molar-refractivity contribution < 1.29 is 0 Å². The van der Waals surface area contributed by atoms with Gasteiger partial charge in [0.1, 0.15) is 0 Å². The van der Waals surface area contributed by atoms with Gasteiger partial charge in [0.15, 0.2) is 0 Å². The second-order valence-electron chi connectivity index (χ2n) is 1.84. The summed E-state index contributed by atoms with van der Waals surface area (Å²) in [7, 11) is 0. The van der Waals surface area contributed by atoms with Gasteiger partial charge in [-0.15, -0.1) is 0 Å². The van der Waals surface area contributed by atoms with Crippen molar-refractivity contribution in [1.82, 2.24) is 9.97 Å². The molecule has 1 rings (SSSR count). The first-order valence-corrected chi connectivity index (χ1v) is 2.92. The SMILES string of the molecule is CC=Cc1c[n-]c(C)n1. The van der Waals surface area contributed by atoms with Crippen molar-refractivity contribution in [1.29, 1.82) is 0 Å². The van der Waals surface area contributed by atoms with E-state index in [4.69, 9.17) is 0 Å². The van der Waals surface area contributed by atoms with Crippen molar-refractivity contribution in [2.75, 3.05) is 0 Å². The molecule has 0 unspecified atom stereocenters. The molecule has 2 nitrogen and oxygen atoms in total. The number of rotatable bonds is 1. The van der Waals surface area contributed by atoms with Gasteiger partial charge in [-0.05, 0) is 19.5 Å². The van der Waals surface area contributed by atoms with E-state index >= 15 is 0 Å². The zero-order valence-corrected chi connectivity index (χ0v) is 5.63. The Morgan fingerprint density at radius 1 is 1.67 bits per heavy atom. The largest absolute Gasteiger partial charge is 0.446 e. The van der Waals surface area contributed by atoms with Gasteiger partial charge in [0, 0.05) is 0 Å². The van der Waals surface area contributed by atoms with Gasteiger partial charge in [-0.3, -0.25) is 0 Å². The summed E-state index contributed by atoms with van der Waals surface area (Å²) in [6.07, 6.45) is 5.64. The highest BCUT2D eigenvalue weighted by Crippen LogP contribution is 1.95. The van der Waals surface area contributed by atoms with E-state index in [1.54, 1.807) is 6.20 Å². The molecule has 1 aromatic rings. The van der Waals surface area contributed by atoms with Crippen LogP contribution in [0.25, 0.3) is 6.08 Å². The second-order valence-corrected chi connectivity index (χ2v) is 1.84. The molecule has 0 aliphatic heterocycles. The number of nitrogens with zero attached hydrogens (tertiary/aromatic N) is 2. The molecule has 0 amide bonds. The first kappa shape index (κ1) is 6.08. The molecule has 1 heterocycles. The predicted molar refractivity (Wildman–Crippen MR) is 37.0 cm³/mol. The number of aromatic nitrogens is 2. The average molecular weight is 121 g/mol. The van der Waals surface area contributed by atoms with Crippen LogP contribution in [-0.2, 0) is 0 Å². The van der Waals surface area contributed by atoms with Crippen molar-refractivity contribution in [3.63, 3.8) is 0 Å². The summed E-state index contributed by atoms with van der Waals surface area (Å²) in [6, 6.07) is 0. The fourth-order valence-electron chi connectivity index (χ4n) is 0.655. The van der Waals surface area contributed by atoms with Crippen molar-refractivity contribution in [3.05, 3.63) is 23.8 Å². The van der Waals surface area contributed by atoms with Gasteiger partial charge >= 0.3 is 0 Å². The molecule has 0 fully saturated rings. The lowest BCUT2D eigenvalue weighted by molar-refractivity contribution is 1.13. The van der Waals surface area contributed by atoms with Gasteiger partial charge in [0.05, 0.1) is 0 Å². The molecule has 0 aliphatic rings. The van der Waals surface area contributed by atoms with Crippen LogP contribution in [0.3, 0.4) is 0 Å². The topological polar surface area (TPSA) is 27.0 Å². The maximum absolute atomic E-state index is 4.10. The van der Waals surface area contributed by atoms with Crippen LogP contribution in [0.15, 0.2) is 12.3 Å². The van der Waals surface area contributed by atoms with Crippen molar-refractivity contribution in [2.45, 2.75) is 13.8 Å². The molecule has 2 heteroatoms. The fourth-order valence-corrected chi connectivity index (χ4v) is 0.655. The number of aryl methyl sites for hydroxylation is 1. The van der Waals surface area contributed by atoms with E-state index in [1.807, 2.05) is 26.0 Å². The molecule has 0 bridgehead atoms. The lowest BCUT2D eigenvalue weighted by Gasteiger charge is -1.89. The van der Waals surface area contributed by atoms with Crippen molar-refractivity contribution in [3.8, 4) is 0 Å². The Labute approximate surface area is 54.6 Å². The third-order valence-corrected chi connectivity index (χ3v) is 1.01. The standard InChI is InChI=1S/C7H9N2/c1-3-4-7-5-8-6(2)9-7/h3-5H,1-2H3/q-1. The monoisotopic (exact) mass is 121 g/mol. The minimum atomic E-state index is 0.836. The van der Waals surface area contributed by atoms with E-state index in [2.05, 4.69) is 9.97 Å². The Bertz CT molecular complexity index is 210. The van der Waals surface area contributed by atoms with E-state index in [-0.39, 0.29) is 0 Å². The highest BCUT2D eigenvalue weighted by atomic mass is 14.9. The maximum Gasteiger partial charge on any atom is -0.0463 e. The van der Waals surface area contributed by atoms with Gasteiger partial charge < -0.3 is 9.97 Å². The minimum Gasteiger partial charge on any atom is -0.446 e. The van der Waals surface area contributed by atoms with E-state index in [0.29, 0.717) is 0 Å². The molecular formula is C7H9N2-. The minimum absolute atomic E-state index is 0.836. The highest BCUT2D eigenvalue weighted by molar-refractivity contribution is 5.42. The third kappa shape index (κ3) is 1.42. The van der Waals surface area contributed by atoms with Crippen LogP contribution >= 0.6 is 0 Å². The zero-order valence-electron chi connectivity index (χ0n) is 5.63. The first-order chi connectivity index (χ1) is 4.33. The van der Waals surface area contributed by atoms with E-state index < -0.39 is 0 Å². The molecular weight excluding hydrogens is 112 g/mol. The van der Waals surface area contributed by atoms with E-state index in [1.165, 1.54) is 0 Å². The van der Waals surface area contributed by atoms with Gasteiger partial charge in [0.25, 0.3) is 0 Å². The third-order valence-electron chi connectivity index (χ3n) is 1.01. The van der Waals surface area contributed by atoms with Gasteiger partial charge in [-0.1, -0.05) is 24.2 Å². The summed E-state index contributed by atoms with van der Waals surface area (Å²) in [4.78, 5) is 8.08. The molecule has 0 spiro atoms. The average Bonchev–Trinajstić information content (AvgIpc) is 2.17. The Morgan fingerprint density at radius 2 is 2.44 bits per heavy atom. The van der Waals surface area contributed by atoms with E-state index in [9.17, 15) is 0 Å². The molecule has 48 valence electrons. The van der Waals surface area contributed by atoms with Crippen LogP contribution in [0.5, 0.6) is 0 Å². The Balaban J connectivity index is 2.85. The summed E-state index contributed by atoms with van der Waals surface area (Å²) in [5, 5.41) is 0. The number of hydrogen-bond acceptors (Lipinski definition) is 1. The van der Waals surface area contributed by atoms with Crippen LogP contribution in [0, 0.1) is 6.92 Å². The number of allylic oxidation sites excluding steroid dienone is 1. The quantitative estimate of drug-likeness (QED) is 0.561. The molecule has 0 N–H and O–H groups in total. The molecule has 1 aromatic heterocycles. The smallest absolute Gasteiger partial charge is 0.0463 e. The Kier molecular flexibility index (Phi) is 1.68. The Morgan fingerprint density at radius 3 is 2.89 bits per heavy atom. The molecule has 9 heavy (non-hydrogen) atoms. The van der Waals surface area contributed by atoms with Gasteiger partial charge in [-0.25, -0.2) is 0 Å². The fraction of sp³-hybridized carbons (Fsp3) is 0.286. The second kappa shape index (κ2) is 2.49. The summed E-state index contributed by atoms with van der Waals surface area (Å²) >= 11 is 0. The highest BCUT2D eigenvalue weighted by Gasteiger charge is 1.76. The van der Waals surface area contributed by atoms with Gasteiger partial charge in [-0.2, -0.15) is 0 Å². The molecule has 0 saturated carbocycles. The van der Waals surface area contributed by atoms with Crippen molar-refractivity contribution in [2.24, 2.45) is 0 Å². The van der Waals surface area contributed by atoms with Gasteiger partial charge in [0.2, 0.25) is 0 Å². The Hall–Kier alpha value is -1.05. The van der Waals surface area contributed by atoms with Crippen LogP contribution in [0.2, 0.25) is 0 Å². The van der Waals surface area contributed by atoms with Crippen LogP contribution in [0.4, 0.5) is 0 Å². The first-order valence-electron chi connectivity index (χ1n) is 2.92. The summed E-state index contributed by atoms with van der Waals surface area (Å²) < 4.78 is 0. The number of imidazole rings is 1. The summed E-state index contributed by atoms with van der Waals surface area (Å²) in [5.74, 6) is 0.836. The number of hydrogen-bond donors (Lipinski definition) is 0. The zero-order chi connectivity index (χ0) is 6.69. The maximum atomic E-state index is 4.10. The lowest BCUT2D eigenvalue weighted by atomic mass is 10.4.